The summed E-state index contributed by atoms with van der Waals surface area (Å²) in [5.74, 6) is 0.899. The molecule has 0 saturated carbocycles. The molecule has 0 radical (unpaired) electrons. The Morgan fingerprint density at radius 3 is 2.64 bits per heavy atom. The molecule has 0 amide bonds. The molecule has 9 heteroatoms. The second kappa shape index (κ2) is 5.80. The van der Waals surface area contributed by atoms with Crippen molar-refractivity contribution in [2.45, 2.75) is 26.3 Å². The first kappa shape index (κ1) is 16.3. The lowest BCUT2D eigenvalue weighted by Crippen LogP contribution is -2.24. The van der Waals surface area contributed by atoms with Crippen LogP contribution in [0.25, 0.3) is 5.52 Å². The number of rotatable bonds is 4. The van der Waals surface area contributed by atoms with Crippen LogP contribution in [0, 0.1) is 29.6 Å². The summed E-state index contributed by atoms with van der Waals surface area (Å²) >= 11 is 0. The predicted octanol–water partition coefficient (Wildman–Crippen LogP) is 2.15. The zero-order chi connectivity index (χ0) is 18.2. The number of hydrogen-bond acceptors (Lipinski definition) is 7. The molecule has 2 N–H and O–H groups in total. The van der Waals surface area contributed by atoms with Crippen molar-refractivity contribution < 1.29 is 0 Å². The molecular formula is C16H17N9. The van der Waals surface area contributed by atoms with Crippen LogP contribution in [0.4, 0.5) is 17.5 Å². The number of nitriles is 2. The third kappa shape index (κ3) is 2.72. The fourth-order valence-corrected chi connectivity index (χ4v) is 2.38. The van der Waals surface area contributed by atoms with Crippen LogP contribution < -0.4 is 10.6 Å². The van der Waals surface area contributed by atoms with E-state index in [0.717, 1.165) is 5.69 Å². The molecule has 3 heterocycles. The minimum atomic E-state index is -0.756. The normalized spacial score (nSPS) is 11.1. The van der Waals surface area contributed by atoms with E-state index in [1.807, 2.05) is 6.92 Å². The summed E-state index contributed by atoms with van der Waals surface area (Å²) in [6, 6.07) is 6.02. The molecule has 0 spiro atoms. The molecule has 3 rings (SSSR count). The van der Waals surface area contributed by atoms with Crippen LogP contribution in [0.15, 0.2) is 18.5 Å². The third-order valence-corrected chi connectivity index (χ3v) is 3.86. The Balaban J connectivity index is 2.02. The first-order chi connectivity index (χ1) is 11.9. The van der Waals surface area contributed by atoms with Crippen molar-refractivity contribution in [3.8, 4) is 12.1 Å². The maximum atomic E-state index is 9.26. The van der Waals surface area contributed by atoms with Gasteiger partial charge in [0.15, 0.2) is 5.82 Å². The van der Waals surface area contributed by atoms with Gasteiger partial charge in [-0.3, -0.25) is 4.68 Å². The fraction of sp³-hybridized carbons (Fsp3) is 0.312. The van der Waals surface area contributed by atoms with Crippen LogP contribution in [0.5, 0.6) is 0 Å². The van der Waals surface area contributed by atoms with Gasteiger partial charge in [0.05, 0.1) is 29.2 Å². The van der Waals surface area contributed by atoms with Crippen LogP contribution in [0.1, 0.15) is 25.1 Å². The van der Waals surface area contributed by atoms with Crippen LogP contribution in [-0.2, 0) is 5.54 Å². The minimum absolute atomic E-state index is 0.356. The van der Waals surface area contributed by atoms with Gasteiger partial charge in [0.2, 0.25) is 5.95 Å². The molecule has 0 aromatic carbocycles. The summed E-state index contributed by atoms with van der Waals surface area (Å²) in [7, 11) is 1.74. The van der Waals surface area contributed by atoms with E-state index >= 15 is 0 Å². The van der Waals surface area contributed by atoms with Crippen molar-refractivity contribution in [3.63, 3.8) is 0 Å². The summed E-state index contributed by atoms with van der Waals surface area (Å²) < 4.78 is 3.20. The largest absolute Gasteiger partial charge is 0.371 e. The molecule has 0 fully saturated rings. The zero-order valence-electron chi connectivity index (χ0n) is 14.4. The molecule has 3 aromatic heterocycles. The van der Waals surface area contributed by atoms with Crippen molar-refractivity contribution >= 4 is 23.0 Å². The SMILES string of the molecule is CNc1nc(Nc2cn(C(C)(C)C#N)nc2C)nn2ccc(C#N)c12. The smallest absolute Gasteiger partial charge is 0.247 e. The number of nitrogens with zero attached hydrogens (tertiary/aromatic N) is 7. The Labute approximate surface area is 144 Å². The Morgan fingerprint density at radius 1 is 1.24 bits per heavy atom. The molecule has 3 aromatic rings. The Hall–Kier alpha value is -3.59. The molecule has 0 aliphatic rings. The van der Waals surface area contributed by atoms with E-state index in [9.17, 15) is 10.5 Å². The van der Waals surface area contributed by atoms with Gasteiger partial charge in [0.25, 0.3) is 0 Å². The van der Waals surface area contributed by atoms with Gasteiger partial charge in [-0.15, -0.1) is 5.10 Å². The molecule has 0 unspecified atom stereocenters. The van der Waals surface area contributed by atoms with Crippen molar-refractivity contribution in [2.24, 2.45) is 0 Å². The number of hydrogen-bond donors (Lipinski definition) is 2. The summed E-state index contributed by atoms with van der Waals surface area (Å²) in [6.07, 6.45) is 3.46. The second-order valence-corrected chi connectivity index (χ2v) is 6.04. The van der Waals surface area contributed by atoms with E-state index in [4.69, 9.17) is 0 Å². The molecule has 0 bridgehead atoms. The van der Waals surface area contributed by atoms with E-state index in [1.54, 1.807) is 48.6 Å². The summed E-state index contributed by atoms with van der Waals surface area (Å²) in [6.45, 7) is 5.41. The fourth-order valence-electron chi connectivity index (χ4n) is 2.38. The van der Waals surface area contributed by atoms with Crippen LogP contribution in [0.3, 0.4) is 0 Å². The van der Waals surface area contributed by atoms with E-state index in [0.29, 0.717) is 28.5 Å². The van der Waals surface area contributed by atoms with Crippen LogP contribution in [-0.4, -0.2) is 31.4 Å². The van der Waals surface area contributed by atoms with Crippen molar-refractivity contribution in [2.75, 3.05) is 17.7 Å². The van der Waals surface area contributed by atoms with Gasteiger partial charge in [0, 0.05) is 13.2 Å². The molecule has 126 valence electrons. The maximum Gasteiger partial charge on any atom is 0.247 e. The molecule has 0 atom stereocenters. The quantitative estimate of drug-likeness (QED) is 0.749. The Kier molecular flexibility index (Phi) is 3.78. The molecule has 9 nitrogen and oxygen atoms in total. The van der Waals surface area contributed by atoms with E-state index < -0.39 is 5.54 Å². The predicted molar refractivity (Wildman–Crippen MR) is 92.4 cm³/mol. The lowest BCUT2D eigenvalue weighted by molar-refractivity contribution is 0.416. The summed E-state index contributed by atoms with van der Waals surface area (Å²) in [5, 5.41) is 33.3. The van der Waals surface area contributed by atoms with Gasteiger partial charge in [-0.1, -0.05) is 0 Å². The van der Waals surface area contributed by atoms with E-state index in [2.05, 4.69) is 38.0 Å². The van der Waals surface area contributed by atoms with Gasteiger partial charge < -0.3 is 10.6 Å². The van der Waals surface area contributed by atoms with Gasteiger partial charge in [-0.2, -0.15) is 20.6 Å². The number of fused-ring (bicyclic) bond motifs is 1. The molecule has 0 saturated heterocycles. The van der Waals surface area contributed by atoms with Crippen LogP contribution in [0.2, 0.25) is 0 Å². The van der Waals surface area contributed by atoms with Crippen molar-refractivity contribution in [1.82, 2.24) is 24.4 Å². The highest BCUT2D eigenvalue weighted by atomic mass is 15.4. The number of anilines is 3. The standard InChI is InChI=1S/C16H17N9/c1-10-12(8-25(22-10)16(2,3)9-18)20-15-21-14(19-4)13-11(7-17)5-6-24(13)23-15/h5-6,8H,1-4H3,(H2,19,20,21,23). The minimum Gasteiger partial charge on any atom is -0.371 e. The van der Waals surface area contributed by atoms with Gasteiger partial charge in [-0.25, -0.2) is 4.52 Å². The highest BCUT2D eigenvalue weighted by molar-refractivity contribution is 5.76. The van der Waals surface area contributed by atoms with Crippen LogP contribution >= 0.6 is 0 Å². The van der Waals surface area contributed by atoms with Crippen molar-refractivity contribution in [3.05, 3.63) is 29.7 Å². The lowest BCUT2D eigenvalue weighted by atomic mass is 10.1. The highest BCUT2D eigenvalue weighted by Crippen LogP contribution is 2.24. The van der Waals surface area contributed by atoms with Gasteiger partial charge >= 0.3 is 0 Å². The average Bonchev–Trinajstić information content (AvgIpc) is 3.18. The van der Waals surface area contributed by atoms with E-state index in [-0.39, 0.29) is 0 Å². The Bertz CT molecular complexity index is 1030. The molecule has 25 heavy (non-hydrogen) atoms. The Morgan fingerprint density at radius 2 is 2.00 bits per heavy atom. The zero-order valence-corrected chi connectivity index (χ0v) is 14.4. The first-order valence-electron chi connectivity index (χ1n) is 7.62. The monoisotopic (exact) mass is 335 g/mol. The highest BCUT2D eigenvalue weighted by Gasteiger charge is 2.22. The molecule has 0 aliphatic heterocycles. The number of aromatic nitrogens is 5. The summed E-state index contributed by atoms with van der Waals surface area (Å²) in [5.41, 5.74) is 1.79. The number of aryl methyl sites for hydroxylation is 1. The van der Waals surface area contributed by atoms with Crippen molar-refractivity contribution in [1.29, 1.82) is 10.5 Å². The maximum absolute atomic E-state index is 9.26. The van der Waals surface area contributed by atoms with E-state index in [1.165, 1.54) is 0 Å². The average molecular weight is 335 g/mol. The topological polar surface area (TPSA) is 120 Å². The first-order valence-corrected chi connectivity index (χ1v) is 7.62. The molecule has 0 aliphatic carbocycles. The molecular weight excluding hydrogens is 318 g/mol. The summed E-state index contributed by atoms with van der Waals surface area (Å²) in [4.78, 5) is 4.42. The third-order valence-electron chi connectivity index (χ3n) is 3.86. The number of nitrogens with one attached hydrogen (secondary N) is 2. The second-order valence-electron chi connectivity index (χ2n) is 6.04. The lowest BCUT2D eigenvalue weighted by Gasteiger charge is -2.15. The van der Waals surface area contributed by atoms with Gasteiger partial charge in [-0.05, 0) is 26.8 Å². The van der Waals surface area contributed by atoms with Gasteiger partial charge in [0.1, 0.15) is 17.1 Å².